The molecular weight excluding hydrogens is 354 g/mol. The summed E-state index contributed by atoms with van der Waals surface area (Å²) in [6, 6.07) is 6.39. The highest BCUT2D eigenvalue weighted by atomic mass is 32.2. The molecule has 7 nitrogen and oxygen atoms in total. The topological polar surface area (TPSA) is 79.0 Å². The summed E-state index contributed by atoms with van der Waals surface area (Å²) in [6.45, 7) is 8.10. The van der Waals surface area contributed by atoms with Crippen LogP contribution in [-0.2, 0) is 19.6 Å². The zero-order valence-corrected chi connectivity index (χ0v) is 16.6. The second-order valence-electron chi connectivity index (χ2n) is 6.56. The van der Waals surface area contributed by atoms with Crippen LogP contribution in [0.4, 0.5) is 5.69 Å². The third kappa shape index (κ3) is 5.69. The zero-order valence-electron chi connectivity index (χ0n) is 15.8. The highest BCUT2D eigenvalue weighted by Gasteiger charge is 2.31. The Hall–Kier alpha value is -1.64. The van der Waals surface area contributed by atoms with Crippen molar-refractivity contribution < 1.29 is 17.9 Å². The predicted octanol–water partition coefficient (Wildman–Crippen LogP) is 0.988. The fourth-order valence-corrected chi connectivity index (χ4v) is 4.24. The summed E-state index contributed by atoms with van der Waals surface area (Å²) in [7, 11) is -3.59. The van der Waals surface area contributed by atoms with Gasteiger partial charge in [0.1, 0.15) is 6.04 Å². The molecule has 0 bridgehead atoms. The highest BCUT2D eigenvalue weighted by molar-refractivity contribution is 7.92. The molecule has 1 heterocycles. The Morgan fingerprint density at radius 2 is 1.88 bits per heavy atom. The van der Waals surface area contributed by atoms with Crippen LogP contribution in [-0.4, -0.2) is 70.9 Å². The van der Waals surface area contributed by atoms with E-state index in [0.717, 1.165) is 31.5 Å². The molecule has 1 saturated heterocycles. The maximum absolute atomic E-state index is 12.7. The molecule has 26 heavy (non-hydrogen) atoms. The molecule has 0 spiro atoms. The lowest BCUT2D eigenvalue weighted by Crippen LogP contribution is -2.50. The number of ether oxygens (including phenoxy) is 1. The largest absolute Gasteiger partial charge is 0.379 e. The molecule has 1 N–H and O–H groups in total. The van der Waals surface area contributed by atoms with Gasteiger partial charge in [0.25, 0.3) is 0 Å². The standard InChI is InChI=1S/C18H29N3O4S/c1-4-17(18(22)19-9-10-20-11-13-25-14-12-20)21(26(3,23)24)16-7-5-15(2)6-8-16/h5-8,17H,4,9-14H2,1-3H3,(H,19,22)/t17-/m1/s1. The smallest absolute Gasteiger partial charge is 0.243 e. The predicted molar refractivity (Wildman–Crippen MR) is 103 cm³/mol. The maximum atomic E-state index is 12.7. The summed E-state index contributed by atoms with van der Waals surface area (Å²) >= 11 is 0. The van der Waals surface area contributed by atoms with E-state index in [9.17, 15) is 13.2 Å². The normalized spacial score (nSPS) is 16.9. The molecule has 0 aliphatic carbocycles. The number of sulfonamides is 1. The Balaban J connectivity index is 2.06. The first-order valence-corrected chi connectivity index (χ1v) is 10.8. The first-order valence-electron chi connectivity index (χ1n) is 8.97. The lowest BCUT2D eigenvalue weighted by atomic mass is 10.1. The van der Waals surface area contributed by atoms with Gasteiger partial charge in [0.15, 0.2) is 0 Å². The Morgan fingerprint density at radius 1 is 1.27 bits per heavy atom. The number of carbonyl (C=O) groups excluding carboxylic acids is 1. The third-order valence-corrected chi connectivity index (χ3v) is 5.63. The number of amides is 1. The minimum Gasteiger partial charge on any atom is -0.379 e. The van der Waals surface area contributed by atoms with Crippen LogP contribution < -0.4 is 9.62 Å². The SMILES string of the molecule is CC[C@H](C(=O)NCCN1CCOCC1)N(c1ccc(C)cc1)S(C)(=O)=O. The average molecular weight is 384 g/mol. The maximum Gasteiger partial charge on any atom is 0.243 e. The molecule has 8 heteroatoms. The van der Waals surface area contributed by atoms with Gasteiger partial charge in [-0.1, -0.05) is 24.6 Å². The van der Waals surface area contributed by atoms with E-state index in [-0.39, 0.29) is 5.91 Å². The summed E-state index contributed by atoms with van der Waals surface area (Å²) in [5, 5.41) is 2.89. The van der Waals surface area contributed by atoms with Gasteiger partial charge in [-0.2, -0.15) is 0 Å². The molecule has 0 unspecified atom stereocenters. The molecule has 1 aliphatic heterocycles. The summed E-state index contributed by atoms with van der Waals surface area (Å²) in [5.41, 5.74) is 1.54. The number of hydrogen-bond donors (Lipinski definition) is 1. The molecule has 1 amide bonds. The number of hydrogen-bond acceptors (Lipinski definition) is 5. The van der Waals surface area contributed by atoms with Crippen LogP contribution in [0.1, 0.15) is 18.9 Å². The van der Waals surface area contributed by atoms with Crippen molar-refractivity contribution in [1.82, 2.24) is 10.2 Å². The zero-order chi connectivity index (χ0) is 19.2. The molecule has 2 rings (SSSR count). The second-order valence-corrected chi connectivity index (χ2v) is 8.42. The van der Waals surface area contributed by atoms with E-state index < -0.39 is 16.1 Å². The molecular formula is C18H29N3O4S. The van der Waals surface area contributed by atoms with Gasteiger partial charge in [-0.05, 0) is 25.5 Å². The van der Waals surface area contributed by atoms with Gasteiger partial charge in [0, 0.05) is 26.2 Å². The molecule has 1 aliphatic rings. The van der Waals surface area contributed by atoms with Gasteiger partial charge < -0.3 is 10.1 Å². The average Bonchev–Trinajstić information content (AvgIpc) is 2.60. The lowest BCUT2D eigenvalue weighted by molar-refractivity contribution is -0.122. The number of rotatable bonds is 8. The highest BCUT2D eigenvalue weighted by Crippen LogP contribution is 2.22. The van der Waals surface area contributed by atoms with Crippen LogP contribution in [0.2, 0.25) is 0 Å². The van der Waals surface area contributed by atoms with E-state index in [1.807, 2.05) is 26.0 Å². The Labute approximate surface area is 156 Å². The van der Waals surface area contributed by atoms with E-state index in [1.165, 1.54) is 4.31 Å². The summed E-state index contributed by atoms with van der Waals surface area (Å²) in [6.07, 6.45) is 1.53. The van der Waals surface area contributed by atoms with Gasteiger partial charge in [-0.25, -0.2) is 8.42 Å². The van der Waals surface area contributed by atoms with Gasteiger partial charge >= 0.3 is 0 Å². The van der Waals surface area contributed by atoms with Crippen molar-refractivity contribution in [2.24, 2.45) is 0 Å². The molecule has 0 saturated carbocycles. The molecule has 0 radical (unpaired) electrons. The summed E-state index contributed by atoms with van der Waals surface area (Å²) in [5.74, 6) is -0.272. The molecule has 1 fully saturated rings. The van der Waals surface area contributed by atoms with Crippen LogP contribution in [0.5, 0.6) is 0 Å². The number of morpholine rings is 1. The number of benzene rings is 1. The first-order chi connectivity index (χ1) is 12.3. The van der Waals surface area contributed by atoms with Crippen molar-refractivity contribution in [3.63, 3.8) is 0 Å². The van der Waals surface area contributed by atoms with E-state index in [4.69, 9.17) is 4.74 Å². The fraction of sp³-hybridized carbons (Fsp3) is 0.611. The van der Waals surface area contributed by atoms with Gasteiger partial charge in [-0.15, -0.1) is 0 Å². The first kappa shape index (κ1) is 20.7. The van der Waals surface area contributed by atoms with E-state index in [0.29, 0.717) is 31.9 Å². The molecule has 1 atom stereocenters. The quantitative estimate of drug-likeness (QED) is 0.724. The van der Waals surface area contributed by atoms with Gasteiger partial charge in [0.2, 0.25) is 15.9 Å². The Morgan fingerprint density at radius 3 is 2.42 bits per heavy atom. The third-order valence-electron chi connectivity index (χ3n) is 4.45. The van der Waals surface area contributed by atoms with Crippen molar-refractivity contribution in [3.8, 4) is 0 Å². The lowest BCUT2D eigenvalue weighted by Gasteiger charge is -2.31. The molecule has 1 aromatic rings. The van der Waals surface area contributed by atoms with Gasteiger partial charge in [0.05, 0.1) is 25.2 Å². The van der Waals surface area contributed by atoms with Crippen molar-refractivity contribution in [3.05, 3.63) is 29.8 Å². The molecule has 1 aromatic carbocycles. The fourth-order valence-electron chi connectivity index (χ4n) is 3.03. The van der Waals surface area contributed by atoms with Crippen LogP contribution in [0.25, 0.3) is 0 Å². The molecule has 0 aromatic heterocycles. The van der Waals surface area contributed by atoms with E-state index in [2.05, 4.69) is 10.2 Å². The summed E-state index contributed by atoms with van der Waals surface area (Å²) < 4.78 is 31.3. The number of aryl methyl sites for hydroxylation is 1. The van der Waals surface area contributed by atoms with Crippen LogP contribution in [0, 0.1) is 6.92 Å². The van der Waals surface area contributed by atoms with Crippen LogP contribution >= 0.6 is 0 Å². The van der Waals surface area contributed by atoms with Crippen LogP contribution in [0.3, 0.4) is 0 Å². The number of anilines is 1. The van der Waals surface area contributed by atoms with Crippen molar-refractivity contribution >= 4 is 21.6 Å². The van der Waals surface area contributed by atoms with Crippen molar-refractivity contribution in [2.75, 3.05) is 50.0 Å². The molecule has 146 valence electrons. The monoisotopic (exact) mass is 383 g/mol. The number of nitrogens with one attached hydrogen (secondary N) is 1. The minimum absolute atomic E-state index is 0.272. The van der Waals surface area contributed by atoms with Crippen molar-refractivity contribution in [2.45, 2.75) is 26.3 Å². The van der Waals surface area contributed by atoms with Crippen LogP contribution in [0.15, 0.2) is 24.3 Å². The van der Waals surface area contributed by atoms with Crippen molar-refractivity contribution in [1.29, 1.82) is 0 Å². The van der Waals surface area contributed by atoms with Gasteiger partial charge in [-0.3, -0.25) is 14.0 Å². The number of nitrogens with zero attached hydrogens (tertiary/aromatic N) is 2. The Kier molecular flexibility index (Phi) is 7.43. The Bertz CT molecular complexity index is 685. The number of carbonyl (C=O) groups is 1. The van der Waals surface area contributed by atoms with E-state index in [1.54, 1.807) is 12.1 Å². The minimum atomic E-state index is -3.59. The second kappa shape index (κ2) is 9.34. The van der Waals surface area contributed by atoms with E-state index >= 15 is 0 Å². The summed E-state index contributed by atoms with van der Waals surface area (Å²) in [4.78, 5) is 14.9.